The first-order chi connectivity index (χ1) is 11.2. The molecule has 0 spiro atoms. The Morgan fingerprint density at radius 2 is 1.57 bits per heavy atom. The van der Waals surface area contributed by atoms with Gasteiger partial charge in [0.05, 0.1) is 27.5 Å². The molecule has 1 amide bonds. The van der Waals surface area contributed by atoms with Gasteiger partial charge in [0, 0.05) is 17.2 Å². The summed E-state index contributed by atoms with van der Waals surface area (Å²) in [4.78, 5) is 11.9. The summed E-state index contributed by atoms with van der Waals surface area (Å²) in [5.41, 5.74) is 3.65. The molecule has 2 rings (SSSR count). The summed E-state index contributed by atoms with van der Waals surface area (Å²) in [6.07, 6.45) is 1.49. The molecule has 2 aromatic carbocycles. The van der Waals surface area contributed by atoms with Crippen LogP contribution in [-0.2, 0) is 0 Å². The summed E-state index contributed by atoms with van der Waals surface area (Å²) in [7, 11) is 4.63. The number of hydrogen-bond acceptors (Lipinski definition) is 5. The normalized spacial score (nSPS) is 10.4. The Labute approximate surface area is 134 Å². The monoisotopic (exact) mass is 314 g/mol. The van der Waals surface area contributed by atoms with Crippen LogP contribution >= 0.6 is 0 Å². The van der Waals surface area contributed by atoms with Crippen molar-refractivity contribution < 1.29 is 19.0 Å². The minimum atomic E-state index is -0.290. The van der Waals surface area contributed by atoms with Gasteiger partial charge in [0.15, 0.2) is 11.5 Å². The first-order valence-electron chi connectivity index (χ1n) is 6.88. The van der Waals surface area contributed by atoms with E-state index in [9.17, 15) is 4.79 Å². The Balaban J connectivity index is 2.17. The van der Waals surface area contributed by atoms with Gasteiger partial charge in [-0.2, -0.15) is 5.10 Å². The standard InChI is InChI=1S/C17H18N2O4/c1-21-14-10-16(23-3)15(22-2)9-13(14)11-18-19-17(20)12-7-5-4-6-8-12/h4-11H,1-3H3,(H,19,20)/b18-11+. The second-order valence-electron chi connectivity index (χ2n) is 4.51. The zero-order chi connectivity index (χ0) is 16.7. The van der Waals surface area contributed by atoms with Gasteiger partial charge in [0.1, 0.15) is 5.75 Å². The molecule has 0 saturated carbocycles. The van der Waals surface area contributed by atoms with Crippen molar-refractivity contribution in [2.24, 2.45) is 5.10 Å². The van der Waals surface area contributed by atoms with E-state index < -0.39 is 0 Å². The zero-order valence-corrected chi connectivity index (χ0v) is 13.2. The van der Waals surface area contributed by atoms with E-state index in [1.165, 1.54) is 6.21 Å². The number of carbonyl (C=O) groups excluding carboxylic acids is 1. The second-order valence-corrected chi connectivity index (χ2v) is 4.51. The SMILES string of the molecule is COc1cc(OC)c(OC)cc1/C=N/NC(=O)c1ccccc1. The van der Waals surface area contributed by atoms with Crippen LogP contribution < -0.4 is 19.6 Å². The summed E-state index contributed by atoms with van der Waals surface area (Å²) < 4.78 is 15.7. The number of nitrogens with one attached hydrogen (secondary N) is 1. The number of rotatable bonds is 6. The maximum absolute atomic E-state index is 11.9. The Hall–Kier alpha value is -3.02. The Morgan fingerprint density at radius 1 is 0.957 bits per heavy atom. The van der Waals surface area contributed by atoms with Crippen molar-refractivity contribution in [2.75, 3.05) is 21.3 Å². The lowest BCUT2D eigenvalue weighted by atomic mass is 10.2. The summed E-state index contributed by atoms with van der Waals surface area (Å²) in [6.45, 7) is 0. The van der Waals surface area contributed by atoms with Gasteiger partial charge in [0.2, 0.25) is 0 Å². The van der Waals surface area contributed by atoms with E-state index in [1.807, 2.05) is 6.07 Å². The van der Waals surface area contributed by atoms with Crippen LogP contribution in [-0.4, -0.2) is 33.5 Å². The first kappa shape index (κ1) is 16.4. The number of hydrazone groups is 1. The molecule has 0 bridgehead atoms. The molecule has 0 aliphatic heterocycles. The van der Waals surface area contributed by atoms with Crippen molar-refractivity contribution in [3.8, 4) is 17.2 Å². The molecular formula is C17H18N2O4. The molecule has 0 saturated heterocycles. The van der Waals surface area contributed by atoms with Crippen LogP contribution in [0.4, 0.5) is 0 Å². The fourth-order valence-corrected chi connectivity index (χ4v) is 1.97. The van der Waals surface area contributed by atoms with Gasteiger partial charge in [-0.05, 0) is 18.2 Å². The van der Waals surface area contributed by atoms with E-state index in [1.54, 1.807) is 57.7 Å². The molecule has 0 atom stereocenters. The Kier molecular flexibility index (Phi) is 5.57. The highest BCUT2D eigenvalue weighted by Gasteiger charge is 2.10. The molecular weight excluding hydrogens is 296 g/mol. The Morgan fingerprint density at radius 3 is 2.17 bits per heavy atom. The molecule has 0 aliphatic rings. The van der Waals surface area contributed by atoms with Crippen LogP contribution in [0.1, 0.15) is 15.9 Å². The minimum absolute atomic E-state index is 0.290. The van der Waals surface area contributed by atoms with Crippen LogP contribution in [0.5, 0.6) is 17.2 Å². The summed E-state index contributed by atoms with van der Waals surface area (Å²) in [6, 6.07) is 12.2. The third kappa shape index (κ3) is 4.00. The van der Waals surface area contributed by atoms with Crippen LogP contribution in [0.2, 0.25) is 0 Å². The maximum Gasteiger partial charge on any atom is 0.271 e. The van der Waals surface area contributed by atoms with Crippen LogP contribution in [0.3, 0.4) is 0 Å². The number of benzene rings is 2. The van der Waals surface area contributed by atoms with Crippen LogP contribution in [0.25, 0.3) is 0 Å². The molecule has 0 radical (unpaired) electrons. The number of carbonyl (C=O) groups is 1. The number of ether oxygens (including phenoxy) is 3. The lowest BCUT2D eigenvalue weighted by Gasteiger charge is -2.11. The van der Waals surface area contributed by atoms with Crippen LogP contribution in [0, 0.1) is 0 Å². The van der Waals surface area contributed by atoms with E-state index in [0.717, 1.165) is 0 Å². The number of methoxy groups -OCH3 is 3. The third-order valence-electron chi connectivity index (χ3n) is 3.14. The van der Waals surface area contributed by atoms with Crippen molar-refractivity contribution in [2.45, 2.75) is 0 Å². The number of nitrogens with zero attached hydrogens (tertiary/aromatic N) is 1. The van der Waals surface area contributed by atoms with E-state index in [2.05, 4.69) is 10.5 Å². The predicted molar refractivity (Wildman–Crippen MR) is 87.6 cm³/mol. The molecule has 0 aliphatic carbocycles. The van der Waals surface area contributed by atoms with Crippen molar-refractivity contribution in [1.82, 2.24) is 5.43 Å². The van der Waals surface area contributed by atoms with Crippen LogP contribution in [0.15, 0.2) is 47.6 Å². The van der Waals surface area contributed by atoms with Gasteiger partial charge < -0.3 is 14.2 Å². The smallest absolute Gasteiger partial charge is 0.271 e. The van der Waals surface area contributed by atoms with Gasteiger partial charge in [-0.15, -0.1) is 0 Å². The third-order valence-corrected chi connectivity index (χ3v) is 3.14. The lowest BCUT2D eigenvalue weighted by Crippen LogP contribution is -2.17. The molecule has 2 aromatic rings. The quantitative estimate of drug-likeness (QED) is 0.657. The second kappa shape index (κ2) is 7.84. The van der Waals surface area contributed by atoms with Crippen molar-refractivity contribution >= 4 is 12.1 Å². The number of hydrogen-bond donors (Lipinski definition) is 1. The molecule has 0 heterocycles. The van der Waals surface area contributed by atoms with Gasteiger partial charge >= 0.3 is 0 Å². The first-order valence-corrected chi connectivity index (χ1v) is 6.88. The molecule has 6 heteroatoms. The van der Waals surface area contributed by atoms with Gasteiger partial charge in [-0.25, -0.2) is 5.43 Å². The summed E-state index contributed by atoms with van der Waals surface area (Å²) >= 11 is 0. The van der Waals surface area contributed by atoms with Gasteiger partial charge in [-0.3, -0.25) is 4.79 Å². The largest absolute Gasteiger partial charge is 0.496 e. The van der Waals surface area contributed by atoms with Crippen molar-refractivity contribution in [3.63, 3.8) is 0 Å². The molecule has 0 fully saturated rings. The molecule has 0 unspecified atom stereocenters. The maximum atomic E-state index is 11.9. The molecule has 1 N–H and O–H groups in total. The highest BCUT2D eigenvalue weighted by molar-refractivity contribution is 5.95. The van der Waals surface area contributed by atoms with Gasteiger partial charge in [0.25, 0.3) is 5.91 Å². The fraction of sp³-hybridized carbons (Fsp3) is 0.176. The molecule has 6 nitrogen and oxygen atoms in total. The molecule has 23 heavy (non-hydrogen) atoms. The summed E-state index contributed by atoms with van der Waals surface area (Å²) in [5.74, 6) is 1.36. The fourth-order valence-electron chi connectivity index (χ4n) is 1.97. The van der Waals surface area contributed by atoms with E-state index in [0.29, 0.717) is 28.4 Å². The average molecular weight is 314 g/mol. The van der Waals surface area contributed by atoms with E-state index >= 15 is 0 Å². The topological polar surface area (TPSA) is 69.2 Å². The highest BCUT2D eigenvalue weighted by atomic mass is 16.5. The predicted octanol–water partition coefficient (Wildman–Crippen LogP) is 2.48. The highest BCUT2D eigenvalue weighted by Crippen LogP contribution is 2.33. The summed E-state index contributed by atoms with van der Waals surface area (Å²) in [5, 5.41) is 3.96. The Bertz CT molecular complexity index is 699. The average Bonchev–Trinajstić information content (AvgIpc) is 2.61. The van der Waals surface area contributed by atoms with Crippen molar-refractivity contribution in [3.05, 3.63) is 53.6 Å². The molecule has 120 valence electrons. The lowest BCUT2D eigenvalue weighted by molar-refractivity contribution is 0.0955. The van der Waals surface area contributed by atoms with E-state index in [4.69, 9.17) is 14.2 Å². The van der Waals surface area contributed by atoms with Crippen molar-refractivity contribution in [1.29, 1.82) is 0 Å². The van der Waals surface area contributed by atoms with E-state index in [-0.39, 0.29) is 5.91 Å². The molecule has 0 aromatic heterocycles. The minimum Gasteiger partial charge on any atom is -0.496 e. The van der Waals surface area contributed by atoms with Gasteiger partial charge in [-0.1, -0.05) is 18.2 Å². The number of amides is 1. The zero-order valence-electron chi connectivity index (χ0n) is 13.2.